The molecular formula is C41H65N11O12S2. The Kier molecular flexibility index (Phi) is 23.2. The Hall–Kier alpha value is -5.66. The first kappa shape index (κ1) is 56.5. The van der Waals surface area contributed by atoms with Gasteiger partial charge in [-0.1, -0.05) is 67.8 Å². The molecule has 23 nitrogen and oxygen atoms in total. The number of hydrogen-bond donors (Lipinski definition) is 12. The molecule has 1 heterocycles. The molecule has 1 aromatic carbocycles. The number of aromatic hydroxyl groups is 1. The molecule has 2 rings (SSSR count). The predicted molar refractivity (Wildman–Crippen MR) is 245 cm³/mol. The van der Waals surface area contributed by atoms with E-state index in [1.54, 1.807) is 27.7 Å². The SMILES string of the molecule is CC[C@H](C)[C@@H]1NC(=O)[C@@H](Cc2ccc(O)cc2)NC(=O)[C@H](N)CSSC[C@@H](C(=O)N(C)[C@H](C)C(=O)N[C@@H](CC(C)C)C(=O)NCC(N)=O)NC(=O)[C@H](CC(N)=O)NC(=O)[C@@H]([C@H](C)O)NC1=O. The van der Waals surface area contributed by atoms with Crippen molar-refractivity contribution < 1.29 is 58.2 Å². The lowest BCUT2D eigenvalue weighted by Gasteiger charge is -2.31. The monoisotopic (exact) mass is 967 g/mol. The normalized spacial score (nSPS) is 23.5. The highest BCUT2D eigenvalue weighted by atomic mass is 33.1. The maximum Gasteiger partial charge on any atom is 0.246 e. The lowest BCUT2D eigenvalue weighted by Crippen LogP contribution is -2.63. The fourth-order valence-electron chi connectivity index (χ4n) is 6.30. The Morgan fingerprint density at radius 1 is 0.773 bits per heavy atom. The highest BCUT2D eigenvalue weighted by Gasteiger charge is 2.38. The fraction of sp³-hybridized carbons (Fsp3) is 0.610. The van der Waals surface area contributed by atoms with Crippen LogP contribution in [0.15, 0.2) is 24.3 Å². The Morgan fingerprint density at radius 3 is 1.89 bits per heavy atom. The molecule has 15 N–H and O–H groups in total. The maximum atomic E-state index is 14.2. The van der Waals surface area contributed by atoms with Crippen LogP contribution >= 0.6 is 21.6 Å². The standard InChI is InChI=1S/C41H65N11O12S2/c1-8-20(4)32-39(62)51-33(22(6)53)40(63)48-28(15-30(43)55)37(60)49-29(41(64)52(7)21(5)34(57)46-26(13-19(2)3)36(59)45-16-31(44)56)18-66-65-17-25(42)35(58)47-27(38(61)50-32)14-23-9-11-24(54)12-10-23/h9-12,19-22,25-29,32-33,53-54H,8,13-18,42H2,1-7H3,(H2,43,55)(H2,44,56)(H,45,59)(H,46,57)(H,47,58)(H,48,63)(H,49,60)(H,50,61)(H,51,62)/t20-,21+,22-,25+,26-,27+,28-,29-,32-,33+/m0/s1. The van der Waals surface area contributed by atoms with E-state index in [-0.39, 0.29) is 36.0 Å². The first-order valence-corrected chi connectivity index (χ1v) is 23.7. The average Bonchev–Trinajstić information content (AvgIpc) is 3.25. The molecule has 0 saturated carbocycles. The summed E-state index contributed by atoms with van der Waals surface area (Å²) in [4.78, 5) is 134. The molecule has 0 unspecified atom stereocenters. The smallest absolute Gasteiger partial charge is 0.246 e. The van der Waals surface area contributed by atoms with Gasteiger partial charge in [0.2, 0.25) is 59.1 Å². The van der Waals surface area contributed by atoms with E-state index in [9.17, 15) is 58.2 Å². The van der Waals surface area contributed by atoms with Crippen molar-refractivity contribution in [2.75, 3.05) is 25.1 Å². The van der Waals surface area contributed by atoms with E-state index < -0.39 is 132 Å². The first-order valence-electron chi connectivity index (χ1n) is 21.3. The van der Waals surface area contributed by atoms with E-state index in [0.717, 1.165) is 26.5 Å². The average molecular weight is 968 g/mol. The van der Waals surface area contributed by atoms with Crippen LogP contribution in [0.4, 0.5) is 0 Å². The van der Waals surface area contributed by atoms with Gasteiger partial charge in [-0.15, -0.1) is 0 Å². The number of carbonyl (C=O) groups excluding carboxylic acids is 10. The van der Waals surface area contributed by atoms with Crippen molar-refractivity contribution in [1.29, 1.82) is 0 Å². The zero-order valence-electron chi connectivity index (χ0n) is 38.1. The number of nitrogens with one attached hydrogen (secondary N) is 7. The zero-order chi connectivity index (χ0) is 50.0. The minimum Gasteiger partial charge on any atom is -0.508 e. The molecule has 0 radical (unpaired) electrons. The van der Waals surface area contributed by atoms with Gasteiger partial charge < -0.3 is 69.5 Å². The summed E-state index contributed by atoms with van der Waals surface area (Å²) in [5.41, 5.74) is 17.4. The van der Waals surface area contributed by atoms with Gasteiger partial charge in [0, 0.05) is 25.0 Å². The third kappa shape index (κ3) is 18.3. The van der Waals surface area contributed by atoms with Crippen LogP contribution in [0, 0.1) is 11.8 Å². The lowest BCUT2D eigenvalue weighted by atomic mass is 9.96. The van der Waals surface area contributed by atoms with Crippen molar-refractivity contribution in [3.8, 4) is 5.75 Å². The molecule has 1 aromatic rings. The number of carbonyl (C=O) groups is 10. The summed E-state index contributed by atoms with van der Waals surface area (Å²) in [6, 6.07) is -5.46. The van der Waals surface area contributed by atoms with Crippen LogP contribution in [-0.4, -0.2) is 154 Å². The van der Waals surface area contributed by atoms with Crippen LogP contribution in [0.3, 0.4) is 0 Å². The van der Waals surface area contributed by atoms with Gasteiger partial charge in [-0.3, -0.25) is 47.9 Å². The van der Waals surface area contributed by atoms with Crippen molar-refractivity contribution in [1.82, 2.24) is 42.1 Å². The van der Waals surface area contributed by atoms with Gasteiger partial charge in [0.15, 0.2) is 0 Å². The molecule has 1 aliphatic rings. The van der Waals surface area contributed by atoms with E-state index in [4.69, 9.17) is 17.2 Å². The van der Waals surface area contributed by atoms with E-state index in [0.29, 0.717) is 12.0 Å². The Morgan fingerprint density at radius 2 is 1.33 bits per heavy atom. The summed E-state index contributed by atoms with van der Waals surface area (Å²) >= 11 is 0. The number of nitrogens with two attached hydrogens (primary N) is 3. The third-order valence-electron chi connectivity index (χ3n) is 10.5. The summed E-state index contributed by atoms with van der Waals surface area (Å²) in [6.07, 6.45) is -2.02. The van der Waals surface area contributed by atoms with Gasteiger partial charge in [-0.25, -0.2) is 0 Å². The molecule has 10 atom stereocenters. The number of aliphatic hydroxyl groups is 1. The van der Waals surface area contributed by atoms with Gasteiger partial charge >= 0.3 is 0 Å². The molecule has 1 saturated heterocycles. The largest absolute Gasteiger partial charge is 0.508 e. The Bertz CT molecular complexity index is 1910. The van der Waals surface area contributed by atoms with E-state index in [2.05, 4.69) is 37.2 Å². The molecule has 0 aliphatic carbocycles. The van der Waals surface area contributed by atoms with E-state index in [1.807, 2.05) is 0 Å². The molecule has 10 amide bonds. The van der Waals surface area contributed by atoms with Crippen LogP contribution in [0.1, 0.15) is 66.4 Å². The molecule has 0 spiro atoms. The van der Waals surface area contributed by atoms with Gasteiger partial charge in [0.05, 0.1) is 25.1 Å². The topological polar surface area (TPSA) is 377 Å². The van der Waals surface area contributed by atoms with Crippen LogP contribution in [0.25, 0.3) is 0 Å². The van der Waals surface area contributed by atoms with Crippen LogP contribution < -0.4 is 54.4 Å². The van der Waals surface area contributed by atoms with Gasteiger partial charge in [0.1, 0.15) is 48.0 Å². The number of hydrogen-bond acceptors (Lipinski definition) is 15. The number of phenols is 1. The molecular weight excluding hydrogens is 903 g/mol. The number of rotatable bonds is 16. The van der Waals surface area contributed by atoms with Crippen LogP contribution in [-0.2, 0) is 54.4 Å². The lowest BCUT2D eigenvalue weighted by molar-refractivity contribution is -0.142. The first-order chi connectivity index (χ1) is 30.9. The highest BCUT2D eigenvalue weighted by Crippen LogP contribution is 2.24. The number of benzene rings is 1. The van der Waals surface area contributed by atoms with Crippen molar-refractivity contribution in [3.63, 3.8) is 0 Å². The van der Waals surface area contributed by atoms with Crippen LogP contribution in [0.5, 0.6) is 5.75 Å². The molecule has 25 heteroatoms. The number of amides is 10. The zero-order valence-corrected chi connectivity index (χ0v) is 39.7. The van der Waals surface area contributed by atoms with Gasteiger partial charge in [0.25, 0.3) is 0 Å². The summed E-state index contributed by atoms with van der Waals surface area (Å²) in [5.74, 6) is -9.94. The highest BCUT2D eigenvalue weighted by molar-refractivity contribution is 8.76. The molecule has 0 bridgehead atoms. The maximum absolute atomic E-state index is 14.2. The second-order valence-corrected chi connectivity index (χ2v) is 19.1. The minimum absolute atomic E-state index is 0.0443. The number of aliphatic hydroxyl groups excluding tert-OH is 1. The third-order valence-corrected chi connectivity index (χ3v) is 13.0. The van der Waals surface area contributed by atoms with Crippen molar-refractivity contribution in [2.24, 2.45) is 29.0 Å². The summed E-state index contributed by atoms with van der Waals surface area (Å²) in [6.45, 7) is 9.03. The molecule has 368 valence electrons. The summed E-state index contributed by atoms with van der Waals surface area (Å²) in [5, 5.41) is 37.9. The van der Waals surface area contributed by atoms with E-state index in [1.165, 1.54) is 45.2 Å². The van der Waals surface area contributed by atoms with Crippen molar-refractivity contribution in [3.05, 3.63) is 29.8 Å². The van der Waals surface area contributed by atoms with Crippen molar-refractivity contribution >= 4 is 80.7 Å². The predicted octanol–water partition coefficient (Wildman–Crippen LogP) is -3.64. The van der Waals surface area contributed by atoms with Gasteiger partial charge in [-0.2, -0.15) is 0 Å². The number of primary amides is 2. The molecule has 0 aromatic heterocycles. The number of phenolic OH excluding ortho intramolecular Hbond substituents is 1. The Balaban J connectivity index is 2.58. The van der Waals surface area contributed by atoms with Crippen LogP contribution in [0.2, 0.25) is 0 Å². The molecule has 66 heavy (non-hydrogen) atoms. The second kappa shape index (κ2) is 27.1. The fourth-order valence-corrected chi connectivity index (χ4v) is 8.58. The minimum atomic E-state index is -1.77. The van der Waals surface area contributed by atoms with Crippen molar-refractivity contribution in [2.45, 2.75) is 122 Å². The second-order valence-electron chi connectivity index (χ2n) is 16.5. The summed E-state index contributed by atoms with van der Waals surface area (Å²) < 4.78 is 0. The molecule has 1 fully saturated rings. The van der Waals surface area contributed by atoms with Gasteiger partial charge in [-0.05, 0) is 49.8 Å². The molecule has 1 aliphatic heterocycles. The Labute approximate surface area is 391 Å². The van der Waals surface area contributed by atoms with E-state index >= 15 is 0 Å². The number of likely N-dealkylation sites (N-methyl/N-ethyl adjacent to an activating group) is 1. The quantitative estimate of drug-likeness (QED) is 0.0712. The summed E-state index contributed by atoms with van der Waals surface area (Å²) in [7, 11) is 3.26. The number of nitrogens with zero attached hydrogens (tertiary/aromatic N) is 1.